The maximum atomic E-state index is 6.12. The summed E-state index contributed by atoms with van der Waals surface area (Å²) in [6.07, 6.45) is 4.93. The summed E-state index contributed by atoms with van der Waals surface area (Å²) in [7, 11) is 0. The van der Waals surface area contributed by atoms with E-state index in [2.05, 4.69) is 25.1 Å². The number of aryl methyl sites for hydroxylation is 2. The van der Waals surface area contributed by atoms with Gasteiger partial charge in [0.05, 0.1) is 19.7 Å². The van der Waals surface area contributed by atoms with E-state index in [-0.39, 0.29) is 5.60 Å². The van der Waals surface area contributed by atoms with Crippen molar-refractivity contribution in [3.8, 4) is 6.01 Å². The Bertz CT molecular complexity index is 731. The van der Waals surface area contributed by atoms with E-state index in [9.17, 15) is 0 Å². The van der Waals surface area contributed by atoms with Crippen molar-refractivity contribution in [1.29, 1.82) is 0 Å². The van der Waals surface area contributed by atoms with Crippen molar-refractivity contribution in [2.24, 2.45) is 5.92 Å². The summed E-state index contributed by atoms with van der Waals surface area (Å²) in [6.45, 7) is 7.25. The predicted octanol–water partition coefficient (Wildman–Crippen LogP) is 2.40. The van der Waals surface area contributed by atoms with E-state index in [0.29, 0.717) is 18.5 Å². The average Bonchev–Trinajstić information content (AvgIpc) is 2.99. The van der Waals surface area contributed by atoms with Crippen LogP contribution < -0.4 is 9.64 Å². The summed E-state index contributed by atoms with van der Waals surface area (Å²) >= 11 is 1.65. The quantitative estimate of drug-likeness (QED) is 0.809. The van der Waals surface area contributed by atoms with Crippen molar-refractivity contribution >= 4 is 16.5 Å². The van der Waals surface area contributed by atoms with E-state index in [4.69, 9.17) is 9.47 Å². The summed E-state index contributed by atoms with van der Waals surface area (Å²) in [5.41, 5.74) is 0.916. The second-order valence-electron chi connectivity index (χ2n) is 6.97. The fourth-order valence-electron chi connectivity index (χ4n) is 3.61. The highest BCUT2D eigenvalue weighted by Gasteiger charge is 2.48. The van der Waals surface area contributed by atoms with Gasteiger partial charge in [0.2, 0.25) is 5.13 Å². The van der Waals surface area contributed by atoms with E-state index >= 15 is 0 Å². The fourth-order valence-corrected chi connectivity index (χ4v) is 4.29. The van der Waals surface area contributed by atoms with Gasteiger partial charge in [-0.2, -0.15) is 0 Å². The minimum absolute atomic E-state index is 0.0116. The van der Waals surface area contributed by atoms with Gasteiger partial charge >= 0.3 is 6.01 Å². The van der Waals surface area contributed by atoms with Crippen molar-refractivity contribution in [3.63, 3.8) is 0 Å². The lowest BCUT2D eigenvalue weighted by atomic mass is 9.79. The second kappa shape index (κ2) is 6.84. The SMILES string of the molecule is Cc1ccnc(OCC[C@@H]2CCOC3(C2)CN(c2nnc(C)s2)C3)n1. The lowest BCUT2D eigenvalue weighted by molar-refractivity contribution is -0.115. The molecule has 1 atom stereocenters. The molecule has 7 nitrogen and oxygen atoms in total. The van der Waals surface area contributed by atoms with Gasteiger partial charge in [0.1, 0.15) is 10.6 Å². The molecule has 1 spiro atoms. The Morgan fingerprint density at radius 3 is 3.00 bits per heavy atom. The molecule has 0 amide bonds. The molecule has 4 rings (SSSR count). The number of rotatable bonds is 5. The average molecular weight is 361 g/mol. The molecule has 0 radical (unpaired) electrons. The van der Waals surface area contributed by atoms with Gasteiger partial charge < -0.3 is 14.4 Å². The highest BCUT2D eigenvalue weighted by atomic mass is 32.1. The molecule has 2 fully saturated rings. The molecule has 2 aromatic heterocycles. The number of anilines is 1. The molecule has 0 unspecified atom stereocenters. The minimum atomic E-state index is -0.0116. The molecule has 0 bridgehead atoms. The minimum Gasteiger partial charge on any atom is -0.463 e. The highest BCUT2D eigenvalue weighted by molar-refractivity contribution is 7.15. The first-order valence-electron chi connectivity index (χ1n) is 8.73. The topological polar surface area (TPSA) is 73.3 Å². The smallest absolute Gasteiger partial charge is 0.316 e. The first-order chi connectivity index (χ1) is 12.1. The van der Waals surface area contributed by atoms with Gasteiger partial charge in [0.25, 0.3) is 0 Å². The van der Waals surface area contributed by atoms with Crippen LogP contribution in [-0.2, 0) is 4.74 Å². The zero-order valence-electron chi connectivity index (χ0n) is 14.6. The molecule has 4 heterocycles. The van der Waals surface area contributed by atoms with Crippen molar-refractivity contribution in [1.82, 2.24) is 20.2 Å². The molecule has 134 valence electrons. The third-order valence-electron chi connectivity index (χ3n) is 4.87. The molecule has 2 saturated heterocycles. The van der Waals surface area contributed by atoms with Gasteiger partial charge in [0, 0.05) is 18.5 Å². The number of hydrogen-bond acceptors (Lipinski definition) is 8. The summed E-state index contributed by atoms with van der Waals surface area (Å²) in [5.74, 6) is 0.622. The molecule has 0 aliphatic carbocycles. The van der Waals surface area contributed by atoms with E-state index in [0.717, 1.165) is 54.8 Å². The van der Waals surface area contributed by atoms with Gasteiger partial charge in [0.15, 0.2) is 0 Å². The van der Waals surface area contributed by atoms with E-state index in [1.54, 1.807) is 17.5 Å². The predicted molar refractivity (Wildman–Crippen MR) is 95.1 cm³/mol. The zero-order chi connectivity index (χ0) is 17.3. The van der Waals surface area contributed by atoms with Crippen LogP contribution in [0.4, 0.5) is 5.13 Å². The molecule has 8 heteroatoms. The summed E-state index contributed by atoms with van der Waals surface area (Å²) in [6, 6.07) is 2.35. The normalized spacial score (nSPS) is 22.0. The molecule has 2 aliphatic rings. The molecule has 0 aromatic carbocycles. The Balaban J connectivity index is 1.26. The largest absolute Gasteiger partial charge is 0.463 e. The first-order valence-corrected chi connectivity index (χ1v) is 9.55. The Hall–Kier alpha value is -1.80. The van der Waals surface area contributed by atoms with Gasteiger partial charge in [-0.05, 0) is 45.1 Å². The third-order valence-corrected chi connectivity index (χ3v) is 5.77. The van der Waals surface area contributed by atoms with Crippen molar-refractivity contribution < 1.29 is 9.47 Å². The monoisotopic (exact) mass is 361 g/mol. The van der Waals surface area contributed by atoms with Crippen LogP contribution in [-0.4, -0.2) is 52.1 Å². The van der Waals surface area contributed by atoms with Gasteiger partial charge in [-0.1, -0.05) is 11.3 Å². The van der Waals surface area contributed by atoms with Crippen LogP contribution in [0.25, 0.3) is 0 Å². The second-order valence-corrected chi connectivity index (χ2v) is 8.13. The molecule has 2 aliphatic heterocycles. The lowest BCUT2D eigenvalue weighted by Crippen LogP contribution is -2.65. The van der Waals surface area contributed by atoms with Crippen LogP contribution in [0.1, 0.15) is 30.0 Å². The number of aromatic nitrogens is 4. The molecular weight excluding hydrogens is 338 g/mol. The third kappa shape index (κ3) is 3.74. The van der Waals surface area contributed by atoms with Crippen molar-refractivity contribution in [2.75, 3.05) is 31.2 Å². The van der Waals surface area contributed by atoms with Crippen LogP contribution in [0.5, 0.6) is 6.01 Å². The van der Waals surface area contributed by atoms with E-state index < -0.39 is 0 Å². The summed E-state index contributed by atoms with van der Waals surface area (Å²) < 4.78 is 11.8. The Labute approximate surface area is 151 Å². The Morgan fingerprint density at radius 1 is 1.36 bits per heavy atom. The van der Waals surface area contributed by atoms with Crippen LogP contribution in [0.2, 0.25) is 0 Å². The van der Waals surface area contributed by atoms with Crippen LogP contribution in [0.3, 0.4) is 0 Å². The van der Waals surface area contributed by atoms with Gasteiger partial charge in [-0.15, -0.1) is 10.2 Å². The van der Waals surface area contributed by atoms with Crippen molar-refractivity contribution in [3.05, 3.63) is 23.0 Å². The molecule has 2 aromatic rings. The number of ether oxygens (including phenoxy) is 2. The van der Waals surface area contributed by atoms with Crippen molar-refractivity contribution in [2.45, 2.75) is 38.7 Å². The summed E-state index contributed by atoms with van der Waals surface area (Å²) in [5, 5.41) is 10.3. The maximum Gasteiger partial charge on any atom is 0.316 e. The van der Waals surface area contributed by atoms with Crippen LogP contribution in [0, 0.1) is 19.8 Å². The number of nitrogens with zero attached hydrogens (tertiary/aromatic N) is 5. The summed E-state index contributed by atoms with van der Waals surface area (Å²) in [4.78, 5) is 10.7. The standard InChI is InChI=1S/C17H23N5O2S/c1-12-3-6-18-15(19-12)23-7-4-14-5-8-24-17(9-14)10-22(11-17)16-21-20-13(2)25-16/h3,6,14H,4-5,7-11H2,1-2H3/t14-/m1/s1. The lowest BCUT2D eigenvalue weighted by Gasteiger charge is -2.53. The molecule has 0 N–H and O–H groups in total. The van der Waals surface area contributed by atoms with Crippen LogP contribution in [0.15, 0.2) is 12.3 Å². The maximum absolute atomic E-state index is 6.12. The molecular formula is C17H23N5O2S. The van der Waals surface area contributed by atoms with Gasteiger partial charge in [-0.3, -0.25) is 0 Å². The number of hydrogen-bond donors (Lipinski definition) is 0. The van der Waals surface area contributed by atoms with Gasteiger partial charge in [-0.25, -0.2) is 9.97 Å². The molecule has 25 heavy (non-hydrogen) atoms. The Kier molecular flexibility index (Phi) is 4.56. The highest BCUT2D eigenvalue weighted by Crippen LogP contribution is 2.40. The first kappa shape index (κ1) is 16.7. The van der Waals surface area contributed by atoms with Crippen LogP contribution >= 0.6 is 11.3 Å². The molecule has 0 saturated carbocycles. The fraction of sp³-hybridized carbons (Fsp3) is 0.647. The van der Waals surface area contributed by atoms with E-state index in [1.807, 2.05) is 19.9 Å². The van der Waals surface area contributed by atoms with E-state index in [1.165, 1.54) is 0 Å². The Morgan fingerprint density at radius 2 is 2.24 bits per heavy atom. The zero-order valence-corrected chi connectivity index (χ0v) is 15.5.